The van der Waals surface area contributed by atoms with Crippen molar-refractivity contribution in [3.8, 4) is 0 Å². The minimum Gasteiger partial charge on any atom is -0.480 e. The van der Waals surface area contributed by atoms with E-state index in [0.29, 0.717) is 11.2 Å². The molecule has 14 heavy (non-hydrogen) atoms. The van der Waals surface area contributed by atoms with Gasteiger partial charge in [-0.3, -0.25) is 4.79 Å². The van der Waals surface area contributed by atoms with E-state index in [1.807, 2.05) is 0 Å². The van der Waals surface area contributed by atoms with Crippen LogP contribution in [-0.2, 0) is 4.79 Å². The van der Waals surface area contributed by atoms with Crippen molar-refractivity contribution in [2.75, 3.05) is 0 Å². The number of rotatable bonds is 2. The Bertz CT molecular complexity index is 479. The highest BCUT2D eigenvalue weighted by Crippen LogP contribution is 2.10. The van der Waals surface area contributed by atoms with Crippen LogP contribution in [0.15, 0.2) is 24.7 Å². The summed E-state index contributed by atoms with van der Waals surface area (Å²) in [5, 5.41) is 12.6. The Morgan fingerprint density at radius 1 is 1.57 bits per heavy atom. The second-order valence-electron chi connectivity index (χ2n) is 2.84. The van der Waals surface area contributed by atoms with Crippen LogP contribution in [0.5, 0.6) is 0 Å². The van der Waals surface area contributed by atoms with Crippen LogP contribution in [0.4, 0.5) is 0 Å². The Balaban J connectivity index is 2.48. The molecule has 0 aliphatic heterocycles. The maximum absolute atomic E-state index is 10.6. The molecule has 0 aromatic carbocycles. The number of fused-ring (bicyclic) bond motifs is 1. The third kappa shape index (κ3) is 1.31. The summed E-state index contributed by atoms with van der Waals surface area (Å²) in [6, 6.07) is 2.28. The van der Waals surface area contributed by atoms with Gasteiger partial charge in [-0.2, -0.15) is 5.10 Å². The Kier molecular flexibility index (Phi) is 1.90. The molecular weight excluding hydrogens is 184 g/mol. The van der Waals surface area contributed by atoms with Crippen LogP contribution in [0, 0.1) is 0 Å². The smallest absolute Gasteiger partial charge is 0.325 e. The summed E-state index contributed by atoms with van der Waals surface area (Å²) in [5.74, 6) is -1.07. The van der Waals surface area contributed by atoms with Crippen LogP contribution < -0.4 is 5.73 Å². The third-order valence-corrected chi connectivity index (χ3v) is 1.92. The van der Waals surface area contributed by atoms with Crippen LogP contribution in [0.2, 0.25) is 0 Å². The molecule has 2 rings (SSSR count). The normalized spacial score (nSPS) is 12.9. The van der Waals surface area contributed by atoms with Gasteiger partial charge in [-0.15, -0.1) is 0 Å². The van der Waals surface area contributed by atoms with E-state index < -0.39 is 12.0 Å². The third-order valence-electron chi connectivity index (χ3n) is 1.92. The van der Waals surface area contributed by atoms with Gasteiger partial charge >= 0.3 is 5.97 Å². The summed E-state index contributed by atoms with van der Waals surface area (Å²) in [5.41, 5.74) is 6.59. The SMILES string of the molecule is NC(C(=O)O)c1ccc2ncnn2c1. The Labute approximate surface area is 79.0 Å². The predicted octanol–water partition coefficient (Wildman–Crippen LogP) is -0.186. The molecule has 0 fully saturated rings. The molecule has 1 atom stereocenters. The predicted molar refractivity (Wildman–Crippen MR) is 47.6 cm³/mol. The molecular formula is C8H8N4O2. The summed E-state index contributed by atoms with van der Waals surface area (Å²) in [4.78, 5) is 14.5. The quantitative estimate of drug-likeness (QED) is 0.688. The summed E-state index contributed by atoms with van der Waals surface area (Å²) >= 11 is 0. The van der Waals surface area contributed by atoms with E-state index in [2.05, 4.69) is 10.1 Å². The zero-order valence-corrected chi connectivity index (χ0v) is 7.16. The number of hydrogen-bond donors (Lipinski definition) is 2. The number of hydrogen-bond acceptors (Lipinski definition) is 4. The maximum atomic E-state index is 10.6. The summed E-state index contributed by atoms with van der Waals surface area (Å²) in [6.07, 6.45) is 2.95. The number of nitrogens with two attached hydrogens (primary N) is 1. The first-order valence-electron chi connectivity index (χ1n) is 3.96. The summed E-state index contributed by atoms with van der Waals surface area (Å²) in [7, 11) is 0. The number of carboxylic acid groups (broad SMARTS) is 1. The molecule has 2 heterocycles. The van der Waals surface area contributed by atoms with Gasteiger partial charge in [0.05, 0.1) is 0 Å². The van der Waals surface area contributed by atoms with Crippen molar-refractivity contribution < 1.29 is 9.90 Å². The van der Waals surface area contributed by atoms with Gasteiger partial charge in [-0.05, 0) is 11.6 Å². The van der Waals surface area contributed by atoms with Gasteiger partial charge in [-0.1, -0.05) is 6.07 Å². The molecule has 0 amide bonds. The number of nitrogens with zero attached hydrogens (tertiary/aromatic N) is 3. The molecule has 0 saturated heterocycles. The van der Waals surface area contributed by atoms with Crippen molar-refractivity contribution in [2.24, 2.45) is 5.73 Å². The fourth-order valence-corrected chi connectivity index (χ4v) is 1.16. The van der Waals surface area contributed by atoms with Gasteiger partial charge < -0.3 is 10.8 Å². The van der Waals surface area contributed by atoms with Crippen LogP contribution >= 0.6 is 0 Å². The minimum atomic E-state index is -1.07. The van der Waals surface area contributed by atoms with Crippen LogP contribution in [0.3, 0.4) is 0 Å². The molecule has 72 valence electrons. The van der Waals surface area contributed by atoms with Gasteiger partial charge in [0.25, 0.3) is 0 Å². The monoisotopic (exact) mass is 192 g/mol. The lowest BCUT2D eigenvalue weighted by Crippen LogP contribution is -2.20. The molecule has 0 bridgehead atoms. The van der Waals surface area contributed by atoms with Crippen molar-refractivity contribution in [2.45, 2.75) is 6.04 Å². The molecule has 3 N–H and O–H groups in total. The van der Waals surface area contributed by atoms with Gasteiger partial charge in [0.1, 0.15) is 12.4 Å². The molecule has 6 nitrogen and oxygen atoms in total. The highest BCUT2D eigenvalue weighted by atomic mass is 16.4. The lowest BCUT2D eigenvalue weighted by Gasteiger charge is -2.05. The number of carbonyl (C=O) groups is 1. The molecule has 0 spiro atoms. The number of pyridine rings is 1. The number of aliphatic carboxylic acids is 1. The van der Waals surface area contributed by atoms with Gasteiger partial charge in [0.15, 0.2) is 5.65 Å². The molecule has 2 aromatic heterocycles. The lowest BCUT2D eigenvalue weighted by atomic mass is 10.1. The average molecular weight is 192 g/mol. The average Bonchev–Trinajstić information content (AvgIpc) is 2.62. The van der Waals surface area contributed by atoms with E-state index in [1.54, 1.807) is 18.3 Å². The first-order valence-corrected chi connectivity index (χ1v) is 3.96. The zero-order chi connectivity index (χ0) is 10.1. The Hall–Kier alpha value is -1.95. The molecule has 0 aliphatic carbocycles. The van der Waals surface area contributed by atoms with E-state index in [4.69, 9.17) is 10.8 Å². The molecule has 2 aromatic rings. The minimum absolute atomic E-state index is 0.496. The largest absolute Gasteiger partial charge is 0.480 e. The topological polar surface area (TPSA) is 93.5 Å². The zero-order valence-electron chi connectivity index (χ0n) is 7.16. The number of carboxylic acids is 1. The highest BCUT2D eigenvalue weighted by Gasteiger charge is 2.14. The molecule has 6 heteroatoms. The Morgan fingerprint density at radius 2 is 2.36 bits per heavy atom. The van der Waals surface area contributed by atoms with E-state index in [1.165, 1.54) is 10.8 Å². The first kappa shape index (κ1) is 8.64. The molecule has 0 aliphatic rings. The fourth-order valence-electron chi connectivity index (χ4n) is 1.16. The highest BCUT2D eigenvalue weighted by molar-refractivity contribution is 5.75. The lowest BCUT2D eigenvalue weighted by molar-refractivity contribution is -0.138. The van der Waals surface area contributed by atoms with E-state index in [9.17, 15) is 4.79 Å². The number of aromatic nitrogens is 3. The van der Waals surface area contributed by atoms with Gasteiger partial charge in [-0.25, -0.2) is 9.50 Å². The summed E-state index contributed by atoms with van der Waals surface area (Å²) in [6.45, 7) is 0. The van der Waals surface area contributed by atoms with Crippen molar-refractivity contribution in [1.29, 1.82) is 0 Å². The van der Waals surface area contributed by atoms with E-state index in [0.717, 1.165) is 0 Å². The standard InChI is InChI=1S/C8H8N4O2/c9-7(8(13)14)5-1-2-6-10-4-11-12(6)3-5/h1-4,7H,9H2,(H,13,14). The maximum Gasteiger partial charge on any atom is 0.325 e. The van der Waals surface area contributed by atoms with Gasteiger partial charge in [0, 0.05) is 6.20 Å². The second-order valence-corrected chi connectivity index (χ2v) is 2.84. The Morgan fingerprint density at radius 3 is 3.07 bits per heavy atom. The van der Waals surface area contributed by atoms with Crippen molar-refractivity contribution >= 4 is 11.6 Å². The van der Waals surface area contributed by atoms with Gasteiger partial charge in [0.2, 0.25) is 0 Å². The van der Waals surface area contributed by atoms with Crippen LogP contribution in [0.25, 0.3) is 5.65 Å². The molecule has 0 saturated carbocycles. The second kappa shape index (κ2) is 3.08. The molecule has 0 radical (unpaired) electrons. The first-order chi connectivity index (χ1) is 6.68. The summed E-state index contributed by atoms with van der Waals surface area (Å²) < 4.78 is 1.48. The van der Waals surface area contributed by atoms with Crippen molar-refractivity contribution in [3.05, 3.63) is 30.2 Å². The van der Waals surface area contributed by atoms with Crippen LogP contribution in [-0.4, -0.2) is 25.7 Å². The molecule has 1 unspecified atom stereocenters. The van der Waals surface area contributed by atoms with Crippen molar-refractivity contribution in [1.82, 2.24) is 14.6 Å². The van der Waals surface area contributed by atoms with E-state index in [-0.39, 0.29) is 0 Å². The van der Waals surface area contributed by atoms with E-state index >= 15 is 0 Å². The van der Waals surface area contributed by atoms with Crippen LogP contribution in [0.1, 0.15) is 11.6 Å². The fraction of sp³-hybridized carbons (Fsp3) is 0.125. The van der Waals surface area contributed by atoms with Crippen molar-refractivity contribution in [3.63, 3.8) is 0 Å².